The Morgan fingerprint density at radius 3 is 1.77 bits per heavy atom. The zero-order valence-electron chi connectivity index (χ0n) is 34.3. The van der Waals surface area contributed by atoms with Gasteiger partial charge in [-0.3, -0.25) is 4.79 Å². The van der Waals surface area contributed by atoms with Crippen LogP contribution in [0, 0.1) is 67.1 Å². The number of hydrogen-bond acceptors (Lipinski definition) is 3. The maximum Gasteiger partial charge on any atom is 0.293 e. The van der Waals surface area contributed by atoms with E-state index in [1.54, 1.807) is 0 Å². The van der Waals surface area contributed by atoms with E-state index in [9.17, 15) is 4.79 Å². The molecule has 5 rings (SSSR count). The first-order valence-corrected chi connectivity index (χ1v) is 20.4. The molecule has 0 heterocycles. The average molecular weight is 658 g/mol. The molecule has 1 aromatic carbocycles. The summed E-state index contributed by atoms with van der Waals surface area (Å²) < 4.78 is 5.40. The highest BCUT2D eigenvalue weighted by atomic mass is 16.5. The standard InChI is InChI=1S/C27H47NO2.C9H12.4C2H6/c1-18(6-5-7-19(2)28)23-10-11-24-22-9-8-20-16-21(30-17-29)12-14-26(20,3)25(22)13-15-27(23,24)4;1-7-4-8(2)6-9(3)5-7;4*1-2/h17-25H,5-16,28H2,1-4H3;4-6H,1-3H3;4*1-2H3. The molecule has 47 heavy (non-hydrogen) atoms. The van der Waals surface area contributed by atoms with E-state index in [-0.39, 0.29) is 6.10 Å². The third-order valence-electron chi connectivity index (χ3n) is 12.3. The predicted octanol–water partition coefficient (Wildman–Crippen LogP) is 13.1. The Hall–Kier alpha value is -1.35. The van der Waals surface area contributed by atoms with Crippen molar-refractivity contribution < 1.29 is 9.53 Å². The second kappa shape index (κ2) is 23.1. The van der Waals surface area contributed by atoms with Crippen molar-refractivity contribution in [3.05, 3.63) is 34.9 Å². The van der Waals surface area contributed by atoms with Gasteiger partial charge in [0.25, 0.3) is 6.47 Å². The molecule has 0 spiro atoms. The van der Waals surface area contributed by atoms with Gasteiger partial charge in [-0.15, -0.1) is 0 Å². The van der Waals surface area contributed by atoms with Crippen LogP contribution in [-0.2, 0) is 9.53 Å². The van der Waals surface area contributed by atoms with E-state index in [2.05, 4.69) is 66.7 Å². The van der Waals surface area contributed by atoms with Crippen LogP contribution in [0.5, 0.6) is 0 Å². The smallest absolute Gasteiger partial charge is 0.293 e. The molecule has 3 heteroatoms. The van der Waals surface area contributed by atoms with Crippen molar-refractivity contribution >= 4 is 6.47 Å². The molecule has 0 bridgehead atoms. The number of ether oxygens (including phenoxy) is 1. The van der Waals surface area contributed by atoms with Crippen LogP contribution in [-0.4, -0.2) is 18.6 Å². The average Bonchev–Trinajstić information content (AvgIpc) is 3.42. The molecule has 0 aliphatic heterocycles. The minimum Gasteiger partial charge on any atom is -0.465 e. The highest BCUT2D eigenvalue weighted by Crippen LogP contribution is 2.68. The lowest BCUT2D eigenvalue weighted by Gasteiger charge is -2.61. The van der Waals surface area contributed by atoms with Crippen LogP contribution in [0.15, 0.2) is 18.2 Å². The summed E-state index contributed by atoms with van der Waals surface area (Å²) in [5.74, 6) is 5.31. The third-order valence-corrected chi connectivity index (χ3v) is 12.3. The van der Waals surface area contributed by atoms with Crippen LogP contribution in [0.1, 0.15) is 177 Å². The highest BCUT2D eigenvalue weighted by molar-refractivity contribution is 5.37. The molecule has 4 aliphatic rings. The molecule has 4 fully saturated rings. The molecular formula is C44H83NO2. The van der Waals surface area contributed by atoms with Gasteiger partial charge in [0.2, 0.25) is 0 Å². The number of fused-ring (bicyclic) bond motifs is 5. The van der Waals surface area contributed by atoms with E-state index < -0.39 is 0 Å². The van der Waals surface area contributed by atoms with Crippen LogP contribution in [0.2, 0.25) is 0 Å². The van der Waals surface area contributed by atoms with Crippen molar-refractivity contribution in [3.8, 4) is 0 Å². The summed E-state index contributed by atoms with van der Waals surface area (Å²) in [6.45, 7) is 33.0. The van der Waals surface area contributed by atoms with E-state index in [4.69, 9.17) is 10.5 Å². The lowest BCUT2D eigenvalue weighted by atomic mass is 9.44. The lowest BCUT2D eigenvalue weighted by Crippen LogP contribution is -2.54. The van der Waals surface area contributed by atoms with Crippen molar-refractivity contribution in [2.75, 3.05) is 0 Å². The van der Waals surface area contributed by atoms with Gasteiger partial charge in [-0.1, -0.05) is 124 Å². The molecule has 0 radical (unpaired) electrons. The van der Waals surface area contributed by atoms with Gasteiger partial charge < -0.3 is 10.5 Å². The van der Waals surface area contributed by atoms with Gasteiger partial charge in [-0.25, -0.2) is 0 Å². The minimum absolute atomic E-state index is 0.180. The van der Waals surface area contributed by atoms with Crippen LogP contribution in [0.25, 0.3) is 0 Å². The highest BCUT2D eigenvalue weighted by Gasteiger charge is 2.60. The number of carbonyl (C=O) groups excluding carboxylic acids is 1. The Balaban J connectivity index is 0.00000104. The third kappa shape index (κ3) is 12.2. The second-order valence-electron chi connectivity index (χ2n) is 15.1. The molecule has 1 aromatic rings. The maximum atomic E-state index is 10.9. The summed E-state index contributed by atoms with van der Waals surface area (Å²) in [7, 11) is 0. The normalized spacial score (nSPS) is 32.7. The summed E-state index contributed by atoms with van der Waals surface area (Å²) in [5.41, 5.74) is 11.1. The first-order chi connectivity index (χ1) is 22.5. The van der Waals surface area contributed by atoms with Gasteiger partial charge in [0.1, 0.15) is 6.10 Å². The number of carbonyl (C=O) groups is 1. The van der Waals surface area contributed by atoms with Gasteiger partial charge in [0.15, 0.2) is 0 Å². The van der Waals surface area contributed by atoms with E-state index in [1.165, 1.54) is 80.9 Å². The van der Waals surface area contributed by atoms with Gasteiger partial charge in [0.05, 0.1) is 0 Å². The SMILES string of the molecule is CC.CC.CC.CC.CC(N)CCCC(C)C1CCC2C3CCC4CC(OC=O)CCC4(C)C3CCC12C.Cc1cc(C)cc(C)c1. The summed E-state index contributed by atoms with van der Waals surface area (Å²) in [5, 5.41) is 0. The molecule has 2 N–H and O–H groups in total. The predicted molar refractivity (Wildman–Crippen MR) is 209 cm³/mol. The molecule has 276 valence electrons. The first kappa shape index (κ1) is 45.6. The minimum atomic E-state index is 0.180. The van der Waals surface area contributed by atoms with Crippen molar-refractivity contribution in [2.45, 2.75) is 193 Å². The molecule has 4 saturated carbocycles. The largest absolute Gasteiger partial charge is 0.465 e. The quantitative estimate of drug-likeness (QED) is 0.297. The van der Waals surface area contributed by atoms with Crippen molar-refractivity contribution in [1.82, 2.24) is 0 Å². The van der Waals surface area contributed by atoms with Crippen molar-refractivity contribution in [3.63, 3.8) is 0 Å². The molecule has 10 atom stereocenters. The monoisotopic (exact) mass is 658 g/mol. The Morgan fingerprint density at radius 1 is 0.745 bits per heavy atom. The Bertz CT molecular complexity index is 908. The number of aryl methyl sites for hydroxylation is 3. The first-order valence-electron chi connectivity index (χ1n) is 20.4. The molecule has 4 aliphatic carbocycles. The Labute approximate surface area is 295 Å². The lowest BCUT2D eigenvalue weighted by molar-refractivity contribution is -0.151. The van der Waals surface area contributed by atoms with Crippen LogP contribution < -0.4 is 5.73 Å². The van der Waals surface area contributed by atoms with Crippen LogP contribution in [0.3, 0.4) is 0 Å². The molecular weight excluding hydrogens is 574 g/mol. The van der Waals surface area contributed by atoms with Gasteiger partial charge in [-0.05, 0) is 138 Å². The van der Waals surface area contributed by atoms with E-state index in [1.807, 2.05) is 55.4 Å². The maximum absolute atomic E-state index is 10.9. The summed E-state index contributed by atoms with van der Waals surface area (Å²) in [6.07, 6.45) is 16.1. The number of benzene rings is 1. The van der Waals surface area contributed by atoms with Crippen molar-refractivity contribution in [2.24, 2.45) is 52.1 Å². The topological polar surface area (TPSA) is 52.3 Å². The number of rotatable bonds is 7. The van der Waals surface area contributed by atoms with Gasteiger partial charge in [-0.2, -0.15) is 0 Å². The van der Waals surface area contributed by atoms with E-state index in [0.717, 1.165) is 48.3 Å². The molecule has 0 saturated heterocycles. The summed E-state index contributed by atoms with van der Waals surface area (Å²) in [4.78, 5) is 10.9. The Morgan fingerprint density at radius 2 is 1.26 bits per heavy atom. The molecule has 10 unspecified atom stereocenters. The molecule has 0 aromatic heterocycles. The fraction of sp³-hybridized carbons (Fsp3) is 0.841. The zero-order valence-corrected chi connectivity index (χ0v) is 34.3. The molecule has 3 nitrogen and oxygen atoms in total. The van der Waals surface area contributed by atoms with E-state index >= 15 is 0 Å². The fourth-order valence-corrected chi connectivity index (χ4v) is 10.6. The zero-order chi connectivity index (χ0) is 36.4. The Kier molecular flexibility index (Phi) is 22.5. The van der Waals surface area contributed by atoms with E-state index in [0.29, 0.717) is 23.3 Å². The molecule has 0 amide bonds. The van der Waals surface area contributed by atoms with Crippen molar-refractivity contribution in [1.29, 1.82) is 0 Å². The number of hydrogen-bond donors (Lipinski definition) is 1. The second-order valence-corrected chi connectivity index (χ2v) is 15.1. The fourth-order valence-electron chi connectivity index (χ4n) is 10.6. The van der Waals surface area contributed by atoms with Crippen LogP contribution >= 0.6 is 0 Å². The van der Waals surface area contributed by atoms with Gasteiger partial charge in [0, 0.05) is 6.04 Å². The van der Waals surface area contributed by atoms with Gasteiger partial charge >= 0.3 is 0 Å². The summed E-state index contributed by atoms with van der Waals surface area (Å²) in [6, 6.07) is 6.91. The summed E-state index contributed by atoms with van der Waals surface area (Å²) >= 11 is 0. The van der Waals surface area contributed by atoms with Crippen LogP contribution in [0.4, 0.5) is 0 Å². The number of nitrogens with two attached hydrogens (primary N) is 1.